The summed E-state index contributed by atoms with van der Waals surface area (Å²) in [5, 5.41) is 9.61. The molecule has 3 N–H and O–H groups in total. The molecule has 2 aromatic rings. The van der Waals surface area contributed by atoms with Gasteiger partial charge in [0, 0.05) is 18.0 Å². The highest BCUT2D eigenvalue weighted by atomic mass is 16.3. The zero-order valence-corrected chi connectivity index (χ0v) is 12.1. The summed E-state index contributed by atoms with van der Waals surface area (Å²) in [7, 11) is 0. The lowest BCUT2D eigenvalue weighted by molar-refractivity contribution is 0.207. The highest BCUT2D eigenvalue weighted by molar-refractivity contribution is 5.77. The van der Waals surface area contributed by atoms with Gasteiger partial charge in [0.1, 0.15) is 5.82 Å². The standard InChI is InChI=1S/C15H23N3O/c1-10(2)18-13-6-5-11(8-16)7-12(13)17-14(18)15(3,4)9-19/h5-7,10,19H,8-9,16H2,1-4H3. The van der Waals surface area contributed by atoms with Crippen LogP contribution >= 0.6 is 0 Å². The van der Waals surface area contributed by atoms with Crippen molar-refractivity contribution in [2.45, 2.75) is 45.7 Å². The Bertz CT molecular complexity index is 584. The van der Waals surface area contributed by atoms with Crippen LogP contribution in [0.5, 0.6) is 0 Å². The van der Waals surface area contributed by atoms with Gasteiger partial charge in [0.2, 0.25) is 0 Å². The first-order chi connectivity index (χ1) is 8.90. The monoisotopic (exact) mass is 261 g/mol. The van der Waals surface area contributed by atoms with Crippen LogP contribution in [0, 0.1) is 0 Å². The number of aromatic nitrogens is 2. The molecule has 0 saturated heterocycles. The molecule has 0 bridgehead atoms. The van der Waals surface area contributed by atoms with E-state index < -0.39 is 0 Å². The lowest BCUT2D eigenvalue weighted by atomic mass is 9.93. The van der Waals surface area contributed by atoms with Crippen molar-refractivity contribution >= 4 is 11.0 Å². The molecule has 1 aromatic heterocycles. The molecule has 0 fully saturated rings. The zero-order chi connectivity index (χ0) is 14.2. The summed E-state index contributed by atoms with van der Waals surface area (Å²) in [6, 6.07) is 6.44. The largest absolute Gasteiger partial charge is 0.395 e. The number of nitrogens with zero attached hydrogens (tertiary/aromatic N) is 2. The first kappa shape index (κ1) is 14.0. The average Bonchev–Trinajstić information content (AvgIpc) is 2.77. The second kappa shape index (κ2) is 4.94. The molecule has 0 unspecified atom stereocenters. The molecule has 0 spiro atoms. The Hall–Kier alpha value is -1.39. The van der Waals surface area contributed by atoms with Gasteiger partial charge in [-0.1, -0.05) is 19.9 Å². The van der Waals surface area contributed by atoms with Crippen LogP contribution in [0.4, 0.5) is 0 Å². The Labute approximate surface area is 114 Å². The van der Waals surface area contributed by atoms with Crippen LogP contribution in [0.3, 0.4) is 0 Å². The number of fused-ring (bicyclic) bond motifs is 1. The van der Waals surface area contributed by atoms with Crippen molar-refractivity contribution in [2.75, 3.05) is 6.61 Å². The molecule has 4 nitrogen and oxygen atoms in total. The third-order valence-corrected chi connectivity index (χ3v) is 3.51. The van der Waals surface area contributed by atoms with Crippen molar-refractivity contribution in [2.24, 2.45) is 5.73 Å². The first-order valence-electron chi connectivity index (χ1n) is 6.73. The summed E-state index contributed by atoms with van der Waals surface area (Å²) in [6.45, 7) is 8.88. The Morgan fingerprint density at radius 1 is 1.37 bits per heavy atom. The summed E-state index contributed by atoms with van der Waals surface area (Å²) in [5.41, 5.74) is 8.46. The molecule has 0 aliphatic rings. The number of hydrogen-bond acceptors (Lipinski definition) is 3. The fraction of sp³-hybridized carbons (Fsp3) is 0.533. The van der Waals surface area contributed by atoms with Crippen LogP contribution < -0.4 is 5.73 Å². The van der Waals surface area contributed by atoms with Gasteiger partial charge >= 0.3 is 0 Å². The third-order valence-electron chi connectivity index (χ3n) is 3.51. The fourth-order valence-corrected chi connectivity index (χ4v) is 2.34. The molecule has 0 saturated carbocycles. The molecule has 104 valence electrons. The SMILES string of the molecule is CC(C)n1c(C(C)(C)CO)nc2cc(CN)ccc21. The Kier molecular flexibility index (Phi) is 3.65. The van der Waals surface area contributed by atoms with E-state index in [4.69, 9.17) is 10.7 Å². The predicted octanol–water partition coefficient (Wildman–Crippen LogP) is 2.35. The first-order valence-corrected chi connectivity index (χ1v) is 6.73. The summed E-state index contributed by atoms with van der Waals surface area (Å²) in [5.74, 6) is 0.925. The second-order valence-electron chi connectivity index (χ2n) is 5.97. The minimum Gasteiger partial charge on any atom is -0.395 e. The van der Waals surface area contributed by atoms with E-state index in [0.717, 1.165) is 22.4 Å². The number of rotatable bonds is 4. The Morgan fingerprint density at radius 2 is 2.05 bits per heavy atom. The van der Waals surface area contributed by atoms with Crippen LogP contribution in [0.15, 0.2) is 18.2 Å². The fourth-order valence-electron chi connectivity index (χ4n) is 2.34. The van der Waals surface area contributed by atoms with Crippen LogP contribution in [-0.2, 0) is 12.0 Å². The van der Waals surface area contributed by atoms with E-state index >= 15 is 0 Å². The maximum atomic E-state index is 9.61. The molecule has 0 amide bonds. The van der Waals surface area contributed by atoms with Gasteiger partial charge < -0.3 is 15.4 Å². The minimum atomic E-state index is -0.355. The normalized spacial score (nSPS) is 12.6. The summed E-state index contributed by atoms with van der Waals surface area (Å²) in [6.07, 6.45) is 0. The molecule has 0 aliphatic heterocycles. The molecule has 1 heterocycles. The average molecular weight is 261 g/mol. The van der Waals surface area contributed by atoms with Crippen molar-refractivity contribution in [3.8, 4) is 0 Å². The van der Waals surface area contributed by atoms with Gasteiger partial charge in [-0.25, -0.2) is 4.98 Å². The maximum Gasteiger partial charge on any atom is 0.118 e. The van der Waals surface area contributed by atoms with E-state index in [-0.39, 0.29) is 12.0 Å². The van der Waals surface area contributed by atoms with Gasteiger partial charge in [0.15, 0.2) is 0 Å². The number of aliphatic hydroxyl groups is 1. The van der Waals surface area contributed by atoms with Crippen LogP contribution in [0.25, 0.3) is 11.0 Å². The maximum absolute atomic E-state index is 9.61. The molecule has 19 heavy (non-hydrogen) atoms. The van der Waals surface area contributed by atoms with Gasteiger partial charge in [-0.2, -0.15) is 0 Å². The van der Waals surface area contributed by atoms with Crippen LogP contribution in [-0.4, -0.2) is 21.3 Å². The highest BCUT2D eigenvalue weighted by Gasteiger charge is 2.28. The number of hydrogen-bond donors (Lipinski definition) is 2. The lowest BCUT2D eigenvalue weighted by Gasteiger charge is -2.24. The van der Waals surface area contributed by atoms with Crippen LogP contribution in [0.1, 0.15) is 45.1 Å². The van der Waals surface area contributed by atoms with Gasteiger partial charge in [-0.3, -0.25) is 0 Å². The summed E-state index contributed by atoms with van der Waals surface area (Å²) < 4.78 is 2.20. The van der Waals surface area contributed by atoms with Gasteiger partial charge in [-0.05, 0) is 31.5 Å². The van der Waals surface area contributed by atoms with Crippen molar-refractivity contribution < 1.29 is 5.11 Å². The molecule has 0 atom stereocenters. The highest BCUT2D eigenvalue weighted by Crippen LogP contribution is 2.29. The predicted molar refractivity (Wildman–Crippen MR) is 78.1 cm³/mol. The lowest BCUT2D eigenvalue weighted by Crippen LogP contribution is -2.27. The number of benzene rings is 1. The van der Waals surface area contributed by atoms with Gasteiger partial charge in [0.05, 0.1) is 17.6 Å². The van der Waals surface area contributed by atoms with E-state index in [1.54, 1.807) is 0 Å². The molecular formula is C15H23N3O. The van der Waals surface area contributed by atoms with E-state index in [2.05, 4.69) is 24.5 Å². The van der Waals surface area contributed by atoms with E-state index in [9.17, 15) is 5.11 Å². The summed E-state index contributed by atoms with van der Waals surface area (Å²) in [4.78, 5) is 4.73. The van der Waals surface area contributed by atoms with Gasteiger partial charge in [0.25, 0.3) is 0 Å². The van der Waals surface area contributed by atoms with E-state index in [1.807, 2.05) is 26.0 Å². The van der Waals surface area contributed by atoms with Crippen molar-refractivity contribution in [1.82, 2.24) is 9.55 Å². The third kappa shape index (κ3) is 2.38. The number of aliphatic hydroxyl groups excluding tert-OH is 1. The molecule has 4 heteroatoms. The Balaban J connectivity index is 2.73. The number of nitrogens with two attached hydrogens (primary N) is 1. The molecule has 0 radical (unpaired) electrons. The smallest absolute Gasteiger partial charge is 0.118 e. The molecule has 2 rings (SSSR count). The number of imidazole rings is 1. The van der Waals surface area contributed by atoms with Crippen LogP contribution in [0.2, 0.25) is 0 Å². The molecule has 1 aromatic carbocycles. The second-order valence-corrected chi connectivity index (χ2v) is 5.97. The van der Waals surface area contributed by atoms with Crippen molar-refractivity contribution in [1.29, 1.82) is 0 Å². The summed E-state index contributed by atoms with van der Waals surface area (Å²) >= 11 is 0. The van der Waals surface area contributed by atoms with Crippen molar-refractivity contribution in [3.05, 3.63) is 29.6 Å². The van der Waals surface area contributed by atoms with Gasteiger partial charge in [-0.15, -0.1) is 0 Å². The molecule has 0 aliphatic carbocycles. The zero-order valence-electron chi connectivity index (χ0n) is 12.1. The van der Waals surface area contributed by atoms with E-state index in [0.29, 0.717) is 12.6 Å². The molecular weight excluding hydrogens is 238 g/mol. The topological polar surface area (TPSA) is 64.1 Å². The minimum absolute atomic E-state index is 0.0762. The van der Waals surface area contributed by atoms with Crippen molar-refractivity contribution in [3.63, 3.8) is 0 Å². The Morgan fingerprint density at radius 3 is 2.58 bits per heavy atom. The quantitative estimate of drug-likeness (QED) is 0.888. The van der Waals surface area contributed by atoms with E-state index in [1.165, 1.54) is 0 Å².